The monoisotopic (exact) mass is 326 g/mol. The standard InChI is InChI=1S/C17H14N2O5/c1-11(10-12-6-2-5-9-15(12)19(23)24)16(20)18-14-8-4-3-7-13(14)17(21)22/h2-10H,1H3,(H,18,20)(H,21,22). The molecule has 0 saturated carbocycles. The molecule has 2 aromatic carbocycles. The van der Waals surface area contributed by atoms with E-state index in [2.05, 4.69) is 5.32 Å². The van der Waals surface area contributed by atoms with Gasteiger partial charge < -0.3 is 10.4 Å². The van der Waals surface area contributed by atoms with E-state index in [4.69, 9.17) is 5.11 Å². The van der Waals surface area contributed by atoms with Crippen molar-refractivity contribution in [1.82, 2.24) is 0 Å². The molecule has 0 saturated heterocycles. The fraction of sp³-hybridized carbons (Fsp3) is 0.0588. The van der Waals surface area contributed by atoms with Gasteiger partial charge >= 0.3 is 5.97 Å². The summed E-state index contributed by atoms with van der Waals surface area (Å²) in [6.45, 7) is 1.50. The van der Waals surface area contributed by atoms with Gasteiger partial charge in [0.15, 0.2) is 0 Å². The molecule has 0 bridgehead atoms. The van der Waals surface area contributed by atoms with Gasteiger partial charge in [0.25, 0.3) is 11.6 Å². The molecule has 2 aromatic rings. The van der Waals surface area contributed by atoms with Crippen molar-refractivity contribution in [1.29, 1.82) is 0 Å². The first kappa shape index (κ1) is 16.9. The smallest absolute Gasteiger partial charge is 0.337 e. The number of amides is 1. The van der Waals surface area contributed by atoms with Crippen LogP contribution in [0.1, 0.15) is 22.8 Å². The van der Waals surface area contributed by atoms with E-state index in [1.165, 1.54) is 43.3 Å². The zero-order chi connectivity index (χ0) is 17.7. The number of para-hydroxylation sites is 2. The molecular weight excluding hydrogens is 312 g/mol. The van der Waals surface area contributed by atoms with Crippen LogP contribution in [-0.4, -0.2) is 21.9 Å². The van der Waals surface area contributed by atoms with Crippen molar-refractivity contribution in [3.8, 4) is 0 Å². The minimum Gasteiger partial charge on any atom is -0.478 e. The summed E-state index contributed by atoms with van der Waals surface area (Å²) in [5, 5.41) is 22.6. The Hall–Kier alpha value is -3.48. The van der Waals surface area contributed by atoms with E-state index < -0.39 is 16.8 Å². The molecule has 7 heteroatoms. The summed E-state index contributed by atoms with van der Waals surface area (Å²) >= 11 is 0. The molecule has 0 radical (unpaired) electrons. The number of hydrogen-bond acceptors (Lipinski definition) is 4. The van der Waals surface area contributed by atoms with Gasteiger partial charge in [0, 0.05) is 11.6 Å². The number of carboxylic acid groups (broad SMARTS) is 1. The highest BCUT2D eigenvalue weighted by Gasteiger charge is 2.15. The Labute approximate surface area is 137 Å². The lowest BCUT2D eigenvalue weighted by molar-refractivity contribution is -0.385. The maximum absolute atomic E-state index is 12.2. The van der Waals surface area contributed by atoms with Gasteiger partial charge in [-0.25, -0.2) is 4.79 Å². The predicted molar refractivity (Wildman–Crippen MR) is 88.8 cm³/mol. The van der Waals surface area contributed by atoms with Gasteiger partial charge in [0.1, 0.15) is 0 Å². The van der Waals surface area contributed by atoms with Crippen LogP contribution in [-0.2, 0) is 4.79 Å². The molecule has 2 N–H and O–H groups in total. The zero-order valence-electron chi connectivity index (χ0n) is 12.7. The zero-order valence-corrected chi connectivity index (χ0v) is 12.7. The number of carbonyl (C=O) groups is 2. The predicted octanol–water partition coefficient (Wildman–Crippen LogP) is 3.34. The van der Waals surface area contributed by atoms with Gasteiger partial charge in [-0.1, -0.05) is 24.3 Å². The Morgan fingerprint density at radius 1 is 1.12 bits per heavy atom. The maximum atomic E-state index is 12.2. The van der Waals surface area contributed by atoms with E-state index in [1.54, 1.807) is 18.2 Å². The van der Waals surface area contributed by atoms with E-state index >= 15 is 0 Å². The van der Waals surface area contributed by atoms with E-state index in [-0.39, 0.29) is 22.5 Å². The number of rotatable bonds is 5. The number of nitrogens with zero attached hydrogens (tertiary/aromatic N) is 1. The van der Waals surface area contributed by atoms with Crippen LogP contribution in [0.3, 0.4) is 0 Å². The van der Waals surface area contributed by atoms with Gasteiger partial charge in [-0.15, -0.1) is 0 Å². The molecule has 0 aliphatic carbocycles. The number of carbonyl (C=O) groups excluding carboxylic acids is 1. The lowest BCUT2D eigenvalue weighted by Crippen LogP contribution is -2.15. The normalized spacial score (nSPS) is 11.0. The van der Waals surface area contributed by atoms with Crippen molar-refractivity contribution in [2.24, 2.45) is 0 Å². The Morgan fingerprint density at radius 3 is 2.42 bits per heavy atom. The van der Waals surface area contributed by atoms with Crippen LogP contribution < -0.4 is 5.32 Å². The van der Waals surface area contributed by atoms with Crippen molar-refractivity contribution >= 4 is 29.3 Å². The number of hydrogen-bond donors (Lipinski definition) is 2. The Balaban J connectivity index is 2.28. The Morgan fingerprint density at radius 2 is 1.75 bits per heavy atom. The van der Waals surface area contributed by atoms with E-state index in [0.29, 0.717) is 5.56 Å². The van der Waals surface area contributed by atoms with Gasteiger partial charge in [-0.05, 0) is 31.2 Å². The second kappa shape index (κ2) is 7.19. The van der Waals surface area contributed by atoms with Crippen molar-refractivity contribution in [2.75, 3.05) is 5.32 Å². The molecule has 24 heavy (non-hydrogen) atoms. The van der Waals surface area contributed by atoms with Crippen LogP contribution in [0.2, 0.25) is 0 Å². The summed E-state index contributed by atoms with van der Waals surface area (Å²) in [6, 6.07) is 12.0. The van der Waals surface area contributed by atoms with Gasteiger partial charge in [0.05, 0.1) is 21.7 Å². The molecule has 7 nitrogen and oxygen atoms in total. The highest BCUT2D eigenvalue weighted by molar-refractivity contribution is 6.09. The molecule has 2 rings (SSSR count). The number of carboxylic acids is 1. The maximum Gasteiger partial charge on any atom is 0.337 e. The number of benzene rings is 2. The summed E-state index contributed by atoms with van der Waals surface area (Å²) in [5.74, 6) is -1.70. The van der Waals surface area contributed by atoms with Gasteiger partial charge in [0.2, 0.25) is 0 Å². The lowest BCUT2D eigenvalue weighted by Gasteiger charge is -2.08. The Bertz CT molecular complexity index is 842. The van der Waals surface area contributed by atoms with Crippen LogP contribution in [0, 0.1) is 10.1 Å². The Kier molecular flexibility index (Phi) is 5.06. The van der Waals surface area contributed by atoms with E-state index in [9.17, 15) is 19.7 Å². The molecular formula is C17H14N2O5. The first-order valence-corrected chi connectivity index (χ1v) is 6.95. The molecule has 1 amide bonds. The van der Waals surface area contributed by atoms with Crippen LogP contribution in [0.5, 0.6) is 0 Å². The molecule has 0 aliphatic rings. The highest BCUT2D eigenvalue weighted by atomic mass is 16.6. The summed E-state index contributed by atoms with van der Waals surface area (Å²) in [4.78, 5) is 33.8. The van der Waals surface area contributed by atoms with Crippen LogP contribution in [0.25, 0.3) is 6.08 Å². The average Bonchev–Trinajstić information content (AvgIpc) is 2.55. The summed E-state index contributed by atoms with van der Waals surface area (Å²) in [6.07, 6.45) is 1.39. The third kappa shape index (κ3) is 3.83. The average molecular weight is 326 g/mol. The van der Waals surface area contributed by atoms with Crippen LogP contribution >= 0.6 is 0 Å². The van der Waals surface area contributed by atoms with E-state index in [0.717, 1.165) is 0 Å². The fourth-order valence-electron chi connectivity index (χ4n) is 2.07. The highest BCUT2D eigenvalue weighted by Crippen LogP contribution is 2.21. The summed E-state index contributed by atoms with van der Waals surface area (Å²) in [7, 11) is 0. The molecule has 0 atom stereocenters. The van der Waals surface area contributed by atoms with Crippen LogP contribution in [0.4, 0.5) is 11.4 Å². The summed E-state index contributed by atoms with van der Waals surface area (Å²) in [5.41, 5.74) is 0.511. The van der Waals surface area contributed by atoms with Crippen LogP contribution in [0.15, 0.2) is 54.1 Å². The van der Waals surface area contributed by atoms with Gasteiger partial charge in [-0.3, -0.25) is 14.9 Å². The molecule has 0 aliphatic heterocycles. The lowest BCUT2D eigenvalue weighted by atomic mass is 10.1. The first-order chi connectivity index (χ1) is 11.4. The number of anilines is 1. The quantitative estimate of drug-likeness (QED) is 0.497. The molecule has 0 aromatic heterocycles. The number of aromatic carboxylic acids is 1. The molecule has 0 fully saturated rings. The number of nitrogens with one attached hydrogen (secondary N) is 1. The minimum atomic E-state index is -1.16. The second-order valence-electron chi connectivity index (χ2n) is 4.95. The topological polar surface area (TPSA) is 110 Å². The molecule has 0 spiro atoms. The number of nitro groups is 1. The van der Waals surface area contributed by atoms with E-state index in [1.807, 2.05) is 0 Å². The van der Waals surface area contributed by atoms with Gasteiger partial charge in [-0.2, -0.15) is 0 Å². The third-order valence-corrected chi connectivity index (χ3v) is 3.27. The van der Waals surface area contributed by atoms with Crippen molar-refractivity contribution in [3.05, 3.63) is 75.3 Å². The van der Waals surface area contributed by atoms with Crippen molar-refractivity contribution in [3.63, 3.8) is 0 Å². The fourth-order valence-corrected chi connectivity index (χ4v) is 2.07. The molecule has 0 heterocycles. The minimum absolute atomic E-state index is 0.0376. The molecule has 122 valence electrons. The van der Waals surface area contributed by atoms with Crippen molar-refractivity contribution < 1.29 is 19.6 Å². The summed E-state index contributed by atoms with van der Waals surface area (Å²) < 4.78 is 0. The van der Waals surface area contributed by atoms with Crippen molar-refractivity contribution in [2.45, 2.75) is 6.92 Å². The molecule has 0 unspecified atom stereocenters. The second-order valence-corrected chi connectivity index (χ2v) is 4.95. The third-order valence-electron chi connectivity index (χ3n) is 3.27. The SMILES string of the molecule is CC(=Cc1ccccc1[N+](=O)[O-])C(=O)Nc1ccccc1C(=O)O. The largest absolute Gasteiger partial charge is 0.478 e. The number of nitro benzene ring substituents is 1. The first-order valence-electron chi connectivity index (χ1n) is 6.95.